The molecule has 0 radical (unpaired) electrons. The predicted molar refractivity (Wildman–Crippen MR) is 89.0 cm³/mol. The van der Waals surface area contributed by atoms with Gasteiger partial charge in [-0.1, -0.05) is 23.1 Å². The van der Waals surface area contributed by atoms with Crippen LogP contribution >= 0.6 is 23.1 Å². The number of hydrogen-bond donors (Lipinski definition) is 1. The Labute approximate surface area is 139 Å². The third-order valence-electron chi connectivity index (χ3n) is 5.58. The zero-order valence-electron chi connectivity index (χ0n) is 13.2. The second-order valence-electron chi connectivity index (χ2n) is 7.53. The van der Waals surface area contributed by atoms with Gasteiger partial charge in [-0.15, -0.1) is 10.2 Å². The van der Waals surface area contributed by atoms with Gasteiger partial charge in [0.25, 0.3) is 0 Å². The number of aromatic nitrogens is 2. The zero-order chi connectivity index (χ0) is 15.3. The highest BCUT2D eigenvalue weighted by Crippen LogP contribution is 2.55. The number of amides is 1. The van der Waals surface area contributed by atoms with Crippen LogP contribution in [0, 0.1) is 24.7 Å². The summed E-state index contributed by atoms with van der Waals surface area (Å²) in [6, 6.07) is 0. The molecule has 0 aliphatic heterocycles. The van der Waals surface area contributed by atoms with Crippen LogP contribution < -0.4 is 5.32 Å². The third kappa shape index (κ3) is 2.80. The van der Waals surface area contributed by atoms with Gasteiger partial charge in [0, 0.05) is 5.54 Å². The molecule has 1 heterocycles. The number of aryl methyl sites for hydroxylation is 1. The molecule has 1 amide bonds. The Balaban J connectivity index is 1.41. The van der Waals surface area contributed by atoms with Crippen LogP contribution in [0.3, 0.4) is 0 Å². The Morgan fingerprint density at radius 2 is 1.82 bits per heavy atom. The van der Waals surface area contributed by atoms with E-state index in [0.29, 0.717) is 0 Å². The Hall–Kier alpha value is -0.620. The van der Waals surface area contributed by atoms with Crippen LogP contribution in [0.25, 0.3) is 0 Å². The van der Waals surface area contributed by atoms with Gasteiger partial charge in [0.1, 0.15) is 5.01 Å². The zero-order valence-corrected chi connectivity index (χ0v) is 14.8. The standard InChI is InChI=1S/C16H23N3OS2/c1-9(21-15-19-18-10(2)22-15)14(20)17-16-6-11-3-12(7-16)5-13(4-11)8-16/h9,11-13H,3-8H2,1-2H3,(H,17,20)/t9-,11?,12?,13?,16?/m0/s1. The molecule has 5 rings (SSSR count). The first-order valence-electron chi connectivity index (χ1n) is 8.30. The van der Waals surface area contributed by atoms with E-state index in [1.165, 1.54) is 50.3 Å². The third-order valence-corrected chi connectivity index (χ3v) is 7.60. The minimum absolute atomic E-state index is 0.0969. The van der Waals surface area contributed by atoms with E-state index in [0.717, 1.165) is 27.1 Å². The first kappa shape index (κ1) is 14.9. The van der Waals surface area contributed by atoms with E-state index in [1.54, 1.807) is 11.3 Å². The van der Waals surface area contributed by atoms with Crippen molar-refractivity contribution in [2.75, 3.05) is 0 Å². The second kappa shape index (κ2) is 5.48. The average molecular weight is 338 g/mol. The molecular formula is C16H23N3OS2. The van der Waals surface area contributed by atoms with Gasteiger partial charge in [0.05, 0.1) is 5.25 Å². The van der Waals surface area contributed by atoms with Crippen molar-refractivity contribution in [3.8, 4) is 0 Å². The number of nitrogens with zero attached hydrogens (tertiary/aromatic N) is 2. The molecule has 4 aliphatic rings. The van der Waals surface area contributed by atoms with E-state index in [4.69, 9.17) is 0 Å². The van der Waals surface area contributed by atoms with Crippen molar-refractivity contribution < 1.29 is 4.79 Å². The molecule has 4 nitrogen and oxygen atoms in total. The molecule has 120 valence electrons. The summed E-state index contributed by atoms with van der Waals surface area (Å²) in [6.07, 6.45) is 7.84. The minimum atomic E-state index is -0.0969. The highest BCUT2D eigenvalue weighted by molar-refractivity contribution is 8.02. The van der Waals surface area contributed by atoms with E-state index in [9.17, 15) is 4.79 Å². The fraction of sp³-hybridized carbons (Fsp3) is 0.812. The molecule has 1 atom stereocenters. The van der Waals surface area contributed by atoms with Gasteiger partial charge in [0.15, 0.2) is 4.34 Å². The summed E-state index contributed by atoms with van der Waals surface area (Å²) in [5.74, 6) is 2.76. The highest BCUT2D eigenvalue weighted by atomic mass is 32.2. The van der Waals surface area contributed by atoms with E-state index in [-0.39, 0.29) is 16.7 Å². The number of carbonyl (C=O) groups excluding carboxylic acids is 1. The SMILES string of the molecule is Cc1nnc(S[C@@H](C)C(=O)NC23CC4CC(CC(C4)C2)C3)s1. The molecule has 0 spiro atoms. The normalized spacial score (nSPS) is 37.3. The van der Waals surface area contributed by atoms with Gasteiger partial charge in [0.2, 0.25) is 5.91 Å². The Morgan fingerprint density at radius 3 is 2.32 bits per heavy atom. The maximum Gasteiger partial charge on any atom is 0.233 e. The summed E-state index contributed by atoms with van der Waals surface area (Å²) in [6.45, 7) is 3.93. The van der Waals surface area contributed by atoms with Gasteiger partial charge < -0.3 is 5.32 Å². The number of nitrogens with one attached hydrogen (secondary N) is 1. The van der Waals surface area contributed by atoms with Crippen LogP contribution in [0.5, 0.6) is 0 Å². The van der Waals surface area contributed by atoms with Crippen molar-refractivity contribution >= 4 is 29.0 Å². The largest absolute Gasteiger partial charge is 0.350 e. The first-order chi connectivity index (χ1) is 10.5. The van der Waals surface area contributed by atoms with Crippen molar-refractivity contribution in [1.29, 1.82) is 0 Å². The molecule has 1 N–H and O–H groups in total. The molecule has 0 unspecified atom stereocenters. The molecule has 4 aliphatic carbocycles. The summed E-state index contributed by atoms with van der Waals surface area (Å²) < 4.78 is 0.894. The highest BCUT2D eigenvalue weighted by Gasteiger charge is 2.51. The molecule has 1 aromatic heterocycles. The number of rotatable bonds is 4. The molecule has 0 saturated heterocycles. The molecule has 4 bridgehead atoms. The van der Waals surface area contributed by atoms with Crippen molar-refractivity contribution in [3.05, 3.63) is 5.01 Å². The summed E-state index contributed by atoms with van der Waals surface area (Å²) >= 11 is 3.10. The van der Waals surface area contributed by atoms with Crippen LogP contribution in [0.4, 0.5) is 0 Å². The van der Waals surface area contributed by atoms with Crippen LogP contribution in [0.1, 0.15) is 50.5 Å². The molecule has 4 fully saturated rings. The molecule has 22 heavy (non-hydrogen) atoms. The van der Waals surface area contributed by atoms with Gasteiger partial charge in [-0.05, 0) is 70.1 Å². The molecule has 4 saturated carbocycles. The summed E-state index contributed by atoms with van der Waals surface area (Å²) in [7, 11) is 0. The lowest BCUT2D eigenvalue weighted by molar-refractivity contribution is -0.126. The molecule has 0 aromatic carbocycles. The predicted octanol–water partition coefficient (Wildman–Crippen LogP) is 3.41. The fourth-order valence-corrected chi connectivity index (χ4v) is 7.12. The Bertz CT molecular complexity index is 550. The molecule has 6 heteroatoms. The number of hydrogen-bond acceptors (Lipinski definition) is 5. The van der Waals surface area contributed by atoms with Gasteiger partial charge in [-0.25, -0.2) is 0 Å². The topological polar surface area (TPSA) is 54.9 Å². The monoisotopic (exact) mass is 337 g/mol. The van der Waals surface area contributed by atoms with Gasteiger partial charge >= 0.3 is 0 Å². The number of thioether (sulfide) groups is 1. The smallest absolute Gasteiger partial charge is 0.233 e. The van der Waals surface area contributed by atoms with E-state index in [1.807, 2.05) is 13.8 Å². The quantitative estimate of drug-likeness (QED) is 0.856. The van der Waals surface area contributed by atoms with Crippen molar-refractivity contribution in [3.63, 3.8) is 0 Å². The Kier molecular flexibility index (Phi) is 3.72. The van der Waals surface area contributed by atoms with Crippen LogP contribution in [-0.4, -0.2) is 26.9 Å². The van der Waals surface area contributed by atoms with Gasteiger partial charge in [-0.3, -0.25) is 4.79 Å². The second-order valence-corrected chi connectivity index (χ2v) is 10.3. The van der Waals surface area contributed by atoms with Crippen molar-refractivity contribution in [2.45, 2.75) is 67.5 Å². The number of carbonyl (C=O) groups is 1. The maximum absolute atomic E-state index is 12.7. The van der Waals surface area contributed by atoms with Crippen LogP contribution in [0.15, 0.2) is 4.34 Å². The summed E-state index contributed by atoms with van der Waals surface area (Å²) in [4.78, 5) is 12.7. The van der Waals surface area contributed by atoms with E-state index in [2.05, 4.69) is 15.5 Å². The summed E-state index contributed by atoms with van der Waals surface area (Å²) in [5, 5.41) is 12.4. The minimum Gasteiger partial charge on any atom is -0.350 e. The lowest BCUT2D eigenvalue weighted by Gasteiger charge is -2.57. The molecule has 1 aromatic rings. The van der Waals surface area contributed by atoms with Gasteiger partial charge in [-0.2, -0.15) is 0 Å². The lowest BCUT2D eigenvalue weighted by Crippen LogP contribution is -2.60. The van der Waals surface area contributed by atoms with E-state index < -0.39 is 0 Å². The average Bonchev–Trinajstić information content (AvgIpc) is 2.81. The van der Waals surface area contributed by atoms with E-state index >= 15 is 0 Å². The molecular weight excluding hydrogens is 314 g/mol. The summed E-state index contributed by atoms with van der Waals surface area (Å²) in [5.41, 5.74) is 0.109. The van der Waals surface area contributed by atoms with Crippen molar-refractivity contribution in [1.82, 2.24) is 15.5 Å². The van der Waals surface area contributed by atoms with Crippen LogP contribution in [0.2, 0.25) is 0 Å². The fourth-order valence-electron chi connectivity index (χ4n) is 5.16. The first-order valence-corrected chi connectivity index (χ1v) is 10.00. The Morgan fingerprint density at radius 1 is 1.23 bits per heavy atom. The maximum atomic E-state index is 12.7. The van der Waals surface area contributed by atoms with Crippen LogP contribution in [-0.2, 0) is 4.79 Å². The lowest BCUT2D eigenvalue weighted by atomic mass is 9.53. The van der Waals surface area contributed by atoms with Crippen molar-refractivity contribution in [2.24, 2.45) is 17.8 Å².